The minimum absolute atomic E-state index is 0.353. The minimum atomic E-state index is 0.353. The van der Waals surface area contributed by atoms with Crippen molar-refractivity contribution >= 4 is 5.78 Å². The molecule has 0 aromatic rings. The molecule has 0 amide bonds. The van der Waals surface area contributed by atoms with Crippen molar-refractivity contribution in [3.8, 4) is 0 Å². The van der Waals surface area contributed by atoms with E-state index >= 15 is 0 Å². The van der Waals surface area contributed by atoms with Crippen molar-refractivity contribution < 1.29 is 4.79 Å². The van der Waals surface area contributed by atoms with Crippen LogP contribution in [0.2, 0.25) is 0 Å². The molecule has 0 bridgehead atoms. The van der Waals surface area contributed by atoms with Gasteiger partial charge in [0.2, 0.25) is 0 Å². The van der Waals surface area contributed by atoms with E-state index < -0.39 is 0 Å². The van der Waals surface area contributed by atoms with Crippen molar-refractivity contribution in [2.24, 2.45) is 0 Å². The highest BCUT2D eigenvalue weighted by atomic mass is 16.1. The van der Waals surface area contributed by atoms with E-state index in [4.69, 9.17) is 0 Å². The second-order valence-electron chi connectivity index (χ2n) is 5.86. The first-order valence-electron chi connectivity index (χ1n) is 7.97. The molecular weight excluding hydrogens is 222 g/mol. The number of carbonyl (C=O) groups excluding carboxylic acids is 1. The number of hydrogen-bond acceptors (Lipinski definition) is 2. The number of hydrogen-bond donors (Lipinski definition) is 0. The Labute approximate surface area is 113 Å². The lowest BCUT2D eigenvalue weighted by molar-refractivity contribution is -0.118. The zero-order valence-corrected chi connectivity index (χ0v) is 12.4. The van der Waals surface area contributed by atoms with Crippen molar-refractivity contribution in [2.75, 3.05) is 13.1 Å². The molecule has 0 radical (unpaired) electrons. The predicted octanol–water partition coefficient (Wildman–Crippen LogP) is 4.18. The third kappa shape index (κ3) is 6.53. The van der Waals surface area contributed by atoms with Crippen LogP contribution in [0.15, 0.2) is 0 Å². The van der Waals surface area contributed by atoms with E-state index in [9.17, 15) is 4.79 Å². The molecule has 18 heavy (non-hydrogen) atoms. The predicted molar refractivity (Wildman–Crippen MR) is 77.9 cm³/mol. The van der Waals surface area contributed by atoms with Crippen LogP contribution in [0.25, 0.3) is 0 Å². The average molecular weight is 253 g/mol. The molecule has 0 aromatic heterocycles. The third-order valence-electron chi connectivity index (χ3n) is 4.07. The minimum Gasteiger partial charge on any atom is -0.300 e. The molecule has 1 fully saturated rings. The molecule has 0 N–H and O–H groups in total. The molecular formula is C16H31NO. The van der Waals surface area contributed by atoms with Gasteiger partial charge in [0.1, 0.15) is 5.78 Å². The second kappa shape index (κ2) is 9.55. The normalized spacial score (nSPS) is 20.4. The smallest absolute Gasteiger partial charge is 0.131 e. The molecule has 1 atom stereocenters. The Kier molecular flexibility index (Phi) is 8.32. The van der Waals surface area contributed by atoms with Crippen LogP contribution in [0.1, 0.15) is 78.1 Å². The molecule has 106 valence electrons. The zero-order chi connectivity index (χ0) is 13.2. The van der Waals surface area contributed by atoms with Gasteiger partial charge in [0.15, 0.2) is 0 Å². The molecule has 2 nitrogen and oxygen atoms in total. The Bertz CT molecular complexity index is 227. The first kappa shape index (κ1) is 15.7. The summed E-state index contributed by atoms with van der Waals surface area (Å²) in [6.07, 6.45) is 12.9. The van der Waals surface area contributed by atoms with Gasteiger partial charge in [-0.1, -0.05) is 45.4 Å². The van der Waals surface area contributed by atoms with Crippen LogP contribution in [0, 0.1) is 0 Å². The highest BCUT2D eigenvalue weighted by molar-refractivity contribution is 5.76. The van der Waals surface area contributed by atoms with Gasteiger partial charge in [-0.05, 0) is 39.3 Å². The van der Waals surface area contributed by atoms with Gasteiger partial charge in [0.05, 0.1) is 0 Å². The lowest BCUT2D eigenvalue weighted by Crippen LogP contribution is -2.31. The van der Waals surface area contributed by atoms with Crippen LogP contribution >= 0.6 is 0 Å². The molecule has 1 heterocycles. The van der Waals surface area contributed by atoms with Crippen LogP contribution in [0.4, 0.5) is 0 Å². The van der Waals surface area contributed by atoms with E-state index in [2.05, 4.69) is 11.8 Å². The summed E-state index contributed by atoms with van der Waals surface area (Å²) in [6, 6.07) is 0.558. The Morgan fingerprint density at radius 3 is 2.44 bits per heavy atom. The molecule has 2 heteroatoms. The van der Waals surface area contributed by atoms with Crippen LogP contribution in [0.5, 0.6) is 0 Å². The monoisotopic (exact) mass is 253 g/mol. The second-order valence-corrected chi connectivity index (χ2v) is 5.86. The van der Waals surface area contributed by atoms with Gasteiger partial charge in [-0.25, -0.2) is 0 Å². The fraction of sp³-hybridized carbons (Fsp3) is 0.938. The molecule has 1 aliphatic rings. The standard InChI is InChI=1S/C16H31NO/c1-3-4-5-6-7-8-9-12-17-13-10-11-16(17)14-15(2)18/h16H,3-14H2,1-2H3. The fourth-order valence-corrected chi connectivity index (χ4v) is 3.02. The molecule has 0 saturated carbocycles. The van der Waals surface area contributed by atoms with Crippen molar-refractivity contribution in [2.45, 2.75) is 84.1 Å². The Morgan fingerprint density at radius 2 is 1.78 bits per heavy atom. The number of rotatable bonds is 10. The van der Waals surface area contributed by atoms with Crippen molar-refractivity contribution in [1.29, 1.82) is 0 Å². The largest absolute Gasteiger partial charge is 0.300 e. The highest BCUT2D eigenvalue weighted by Crippen LogP contribution is 2.21. The molecule has 1 aliphatic heterocycles. The van der Waals surface area contributed by atoms with E-state index in [0.717, 1.165) is 6.42 Å². The quantitative estimate of drug-likeness (QED) is 0.544. The molecule has 1 saturated heterocycles. The van der Waals surface area contributed by atoms with Gasteiger partial charge in [-0.3, -0.25) is 9.69 Å². The summed E-state index contributed by atoms with van der Waals surface area (Å²) in [5, 5.41) is 0. The van der Waals surface area contributed by atoms with Gasteiger partial charge < -0.3 is 0 Å². The molecule has 1 unspecified atom stereocenters. The van der Waals surface area contributed by atoms with E-state index in [0.29, 0.717) is 11.8 Å². The summed E-state index contributed by atoms with van der Waals surface area (Å²) in [5.74, 6) is 0.353. The summed E-state index contributed by atoms with van der Waals surface area (Å²) < 4.78 is 0. The number of nitrogens with zero attached hydrogens (tertiary/aromatic N) is 1. The Hall–Kier alpha value is -0.370. The summed E-state index contributed by atoms with van der Waals surface area (Å²) in [6.45, 7) is 6.42. The summed E-state index contributed by atoms with van der Waals surface area (Å²) >= 11 is 0. The number of Topliss-reactive ketones (excluding diaryl/α,β-unsaturated/α-hetero) is 1. The molecule has 0 spiro atoms. The van der Waals surface area contributed by atoms with Crippen LogP contribution in [-0.2, 0) is 4.79 Å². The summed E-state index contributed by atoms with van der Waals surface area (Å²) in [5.41, 5.74) is 0. The highest BCUT2D eigenvalue weighted by Gasteiger charge is 2.24. The van der Waals surface area contributed by atoms with Crippen LogP contribution in [0.3, 0.4) is 0 Å². The molecule has 0 aliphatic carbocycles. The SMILES string of the molecule is CCCCCCCCCN1CCCC1CC(C)=O. The Balaban J connectivity index is 2.02. The topological polar surface area (TPSA) is 20.3 Å². The molecule has 0 aromatic carbocycles. The van der Waals surface area contributed by atoms with E-state index in [1.54, 1.807) is 6.92 Å². The van der Waals surface area contributed by atoms with Gasteiger partial charge in [0, 0.05) is 12.5 Å². The van der Waals surface area contributed by atoms with E-state index in [1.165, 1.54) is 70.9 Å². The summed E-state index contributed by atoms with van der Waals surface area (Å²) in [7, 11) is 0. The number of unbranched alkanes of at least 4 members (excludes halogenated alkanes) is 6. The number of ketones is 1. The van der Waals surface area contributed by atoms with Gasteiger partial charge in [0.25, 0.3) is 0 Å². The summed E-state index contributed by atoms with van der Waals surface area (Å²) in [4.78, 5) is 13.7. The number of carbonyl (C=O) groups is 1. The maximum atomic E-state index is 11.2. The van der Waals surface area contributed by atoms with Gasteiger partial charge in [-0.15, -0.1) is 0 Å². The van der Waals surface area contributed by atoms with E-state index in [-0.39, 0.29) is 0 Å². The first-order valence-corrected chi connectivity index (χ1v) is 7.97. The molecule has 1 rings (SSSR count). The lowest BCUT2D eigenvalue weighted by Gasteiger charge is -2.23. The maximum absolute atomic E-state index is 11.2. The zero-order valence-electron chi connectivity index (χ0n) is 12.4. The average Bonchev–Trinajstić information content (AvgIpc) is 2.75. The van der Waals surface area contributed by atoms with Gasteiger partial charge >= 0.3 is 0 Å². The number of likely N-dealkylation sites (tertiary alicyclic amines) is 1. The van der Waals surface area contributed by atoms with Crippen molar-refractivity contribution in [3.05, 3.63) is 0 Å². The van der Waals surface area contributed by atoms with Crippen LogP contribution in [-0.4, -0.2) is 29.8 Å². The fourth-order valence-electron chi connectivity index (χ4n) is 3.02. The first-order chi connectivity index (χ1) is 8.74. The van der Waals surface area contributed by atoms with Crippen LogP contribution < -0.4 is 0 Å². The van der Waals surface area contributed by atoms with Gasteiger partial charge in [-0.2, -0.15) is 0 Å². The Morgan fingerprint density at radius 1 is 1.11 bits per heavy atom. The van der Waals surface area contributed by atoms with Crippen molar-refractivity contribution in [3.63, 3.8) is 0 Å². The lowest BCUT2D eigenvalue weighted by atomic mass is 10.1. The van der Waals surface area contributed by atoms with Crippen molar-refractivity contribution in [1.82, 2.24) is 4.90 Å². The maximum Gasteiger partial charge on any atom is 0.131 e. The third-order valence-corrected chi connectivity index (χ3v) is 4.07. The van der Waals surface area contributed by atoms with E-state index in [1.807, 2.05) is 0 Å².